The molecule has 106 valence electrons. The molecule has 0 saturated carbocycles. The Hall–Kier alpha value is -2.87. The van der Waals surface area contributed by atoms with E-state index in [1.165, 1.54) is 0 Å². The lowest BCUT2D eigenvalue weighted by Gasteiger charge is -2.10. The Morgan fingerprint density at radius 3 is 2.71 bits per heavy atom. The summed E-state index contributed by atoms with van der Waals surface area (Å²) in [6.07, 6.45) is 1.65. The summed E-state index contributed by atoms with van der Waals surface area (Å²) in [5.74, 6) is 0.403. The van der Waals surface area contributed by atoms with Crippen LogP contribution in [0.5, 0.6) is 0 Å². The van der Waals surface area contributed by atoms with E-state index in [1.807, 2.05) is 19.1 Å². The van der Waals surface area contributed by atoms with Gasteiger partial charge in [-0.05, 0) is 36.8 Å². The highest BCUT2D eigenvalue weighted by Gasteiger charge is 2.11. The van der Waals surface area contributed by atoms with E-state index in [9.17, 15) is 4.79 Å². The highest BCUT2D eigenvalue weighted by atomic mass is 16.1. The molecule has 5 heteroatoms. The van der Waals surface area contributed by atoms with E-state index in [0.29, 0.717) is 30.0 Å². The summed E-state index contributed by atoms with van der Waals surface area (Å²) >= 11 is 0. The molecule has 0 aliphatic carbocycles. The van der Waals surface area contributed by atoms with Crippen LogP contribution in [0.25, 0.3) is 0 Å². The van der Waals surface area contributed by atoms with E-state index in [-0.39, 0.29) is 5.91 Å². The summed E-state index contributed by atoms with van der Waals surface area (Å²) in [6.45, 7) is 3.06. The van der Waals surface area contributed by atoms with Crippen molar-refractivity contribution in [2.75, 3.05) is 11.9 Å². The number of anilines is 1. The van der Waals surface area contributed by atoms with Gasteiger partial charge in [0.1, 0.15) is 5.82 Å². The first-order valence-corrected chi connectivity index (χ1v) is 6.70. The lowest BCUT2D eigenvalue weighted by atomic mass is 10.1. The molecule has 2 aromatic rings. The third-order valence-electron chi connectivity index (χ3n) is 2.93. The van der Waals surface area contributed by atoms with Crippen LogP contribution in [0.1, 0.15) is 28.4 Å². The average molecular weight is 280 g/mol. The number of hydrogen-bond donors (Lipinski definition) is 2. The summed E-state index contributed by atoms with van der Waals surface area (Å²) in [6, 6.07) is 12.6. The SMILES string of the molecule is CCNc1ncccc1C(=O)NCc1ccc(C#N)cc1. The molecule has 0 fully saturated rings. The molecule has 0 atom stereocenters. The zero-order valence-electron chi connectivity index (χ0n) is 11.8. The van der Waals surface area contributed by atoms with Gasteiger partial charge in [-0.15, -0.1) is 0 Å². The first-order valence-electron chi connectivity index (χ1n) is 6.70. The van der Waals surface area contributed by atoms with Crippen LogP contribution < -0.4 is 10.6 Å². The maximum Gasteiger partial charge on any atom is 0.255 e. The molecule has 0 aliphatic rings. The maximum absolute atomic E-state index is 12.2. The molecule has 1 aromatic heterocycles. The molecule has 2 N–H and O–H groups in total. The number of hydrogen-bond acceptors (Lipinski definition) is 4. The Morgan fingerprint density at radius 1 is 1.29 bits per heavy atom. The minimum atomic E-state index is -0.177. The summed E-state index contributed by atoms with van der Waals surface area (Å²) in [5.41, 5.74) is 2.07. The van der Waals surface area contributed by atoms with E-state index >= 15 is 0 Å². The maximum atomic E-state index is 12.2. The number of carbonyl (C=O) groups is 1. The number of carbonyl (C=O) groups excluding carboxylic acids is 1. The fourth-order valence-corrected chi connectivity index (χ4v) is 1.87. The van der Waals surface area contributed by atoms with Crippen LogP contribution in [-0.4, -0.2) is 17.4 Å². The topological polar surface area (TPSA) is 77.8 Å². The van der Waals surface area contributed by atoms with Gasteiger partial charge >= 0.3 is 0 Å². The highest BCUT2D eigenvalue weighted by molar-refractivity contribution is 5.98. The largest absolute Gasteiger partial charge is 0.370 e. The molecule has 2 rings (SSSR count). The van der Waals surface area contributed by atoms with Crippen molar-refractivity contribution in [3.8, 4) is 6.07 Å². The fraction of sp³-hybridized carbons (Fsp3) is 0.188. The molecule has 0 aliphatic heterocycles. The lowest BCUT2D eigenvalue weighted by Crippen LogP contribution is -2.24. The van der Waals surface area contributed by atoms with Gasteiger partial charge < -0.3 is 10.6 Å². The Kier molecular flexibility index (Phi) is 4.89. The van der Waals surface area contributed by atoms with Gasteiger partial charge in [-0.3, -0.25) is 4.79 Å². The Labute approximate surface area is 123 Å². The van der Waals surface area contributed by atoms with Crippen molar-refractivity contribution in [3.63, 3.8) is 0 Å². The first kappa shape index (κ1) is 14.5. The standard InChI is InChI=1S/C16H16N4O/c1-2-18-15-14(4-3-9-19-15)16(21)20-11-13-7-5-12(10-17)6-8-13/h3-9H,2,11H2,1H3,(H,18,19)(H,20,21). The predicted molar refractivity (Wildman–Crippen MR) is 80.7 cm³/mol. The molecule has 0 saturated heterocycles. The van der Waals surface area contributed by atoms with Crippen molar-refractivity contribution < 1.29 is 4.79 Å². The summed E-state index contributed by atoms with van der Waals surface area (Å²) < 4.78 is 0. The van der Waals surface area contributed by atoms with Gasteiger partial charge in [0, 0.05) is 19.3 Å². The van der Waals surface area contributed by atoms with Gasteiger partial charge in [-0.2, -0.15) is 5.26 Å². The molecule has 0 spiro atoms. The predicted octanol–water partition coefficient (Wildman–Crippen LogP) is 2.32. The van der Waals surface area contributed by atoms with E-state index in [0.717, 1.165) is 5.56 Å². The van der Waals surface area contributed by atoms with Crippen molar-refractivity contribution in [2.45, 2.75) is 13.5 Å². The number of aromatic nitrogens is 1. The number of amides is 1. The Balaban J connectivity index is 2.03. The van der Waals surface area contributed by atoms with Crippen LogP contribution in [0.3, 0.4) is 0 Å². The zero-order chi connectivity index (χ0) is 15.1. The van der Waals surface area contributed by atoms with Crippen molar-refractivity contribution in [1.29, 1.82) is 5.26 Å². The Bertz CT molecular complexity index is 659. The van der Waals surface area contributed by atoms with Crippen LogP contribution in [0.2, 0.25) is 0 Å². The molecule has 5 nitrogen and oxygen atoms in total. The lowest BCUT2D eigenvalue weighted by molar-refractivity contribution is 0.0951. The number of nitriles is 1. The summed E-state index contributed by atoms with van der Waals surface area (Å²) in [5, 5.41) is 14.7. The number of benzene rings is 1. The minimum Gasteiger partial charge on any atom is -0.370 e. The van der Waals surface area contributed by atoms with E-state index in [2.05, 4.69) is 21.7 Å². The van der Waals surface area contributed by atoms with E-state index in [1.54, 1.807) is 30.5 Å². The van der Waals surface area contributed by atoms with E-state index in [4.69, 9.17) is 5.26 Å². The minimum absolute atomic E-state index is 0.177. The first-order chi connectivity index (χ1) is 10.2. The van der Waals surface area contributed by atoms with Gasteiger partial charge in [-0.1, -0.05) is 12.1 Å². The van der Waals surface area contributed by atoms with Crippen molar-refractivity contribution in [3.05, 3.63) is 59.3 Å². The monoisotopic (exact) mass is 280 g/mol. The molecular formula is C16H16N4O. The second kappa shape index (κ2) is 7.06. The molecule has 1 heterocycles. The highest BCUT2D eigenvalue weighted by Crippen LogP contribution is 2.11. The second-order valence-electron chi connectivity index (χ2n) is 4.42. The van der Waals surface area contributed by atoms with Crippen LogP contribution in [0, 0.1) is 11.3 Å². The molecule has 1 aromatic carbocycles. The van der Waals surface area contributed by atoms with Crippen molar-refractivity contribution in [2.24, 2.45) is 0 Å². The third-order valence-corrected chi connectivity index (χ3v) is 2.93. The zero-order valence-corrected chi connectivity index (χ0v) is 11.8. The van der Waals surface area contributed by atoms with Crippen molar-refractivity contribution in [1.82, 2.24) is 10.3 Å². The molecule has 1 amide bonds. The second-order valence-corrected chi connectivity index (χ2v) is 4.42. The van der Waals surface area contributed by atoms with Gasteiger partial charge in [0.05, 0.1) is 17.2 Å². The number of nitrogens with one attached hydrogen (secondary N) is 2. The molecule has 0 bridgehead atoms. The number of nitrogens with zero attached hydrogens (tertiary/aromatic N) is 2. The number of rotatable bonds is 5. The number of pyridine rings is 1. The molecule has 0 radical (unpaired) electrons. The fourth-order valence-electron chi connectivity index (χ4n) is 1.87. The van der Waals surface area contributed by atoms with Crippen LogP contribution >= 0.6 is 0 Å². The normalized spacial score (nSPS) is 9.71. The van der Waals surface area contributed by atoms with Gasteiger partial charge in [0.15, 0.2) is 0 Å². The molecular weight excluding hydrogens is 264 g/mol. The van der Waals surface area contributed by atoms with Gasteiger partial charge in [0.25, 0.3) is 5.91 Å². The Morgan fingerprint density at radius 2 is 2.05 bits per heavy atom. The van der Waals surface area contributed by atoms with Crippen molar-refractivity contribution >= 4 is 11.7 Å². The van der Waals surface area contributed by atoms with Gasteiger partial charge in [0.2, 0.25) is 0 Å². The molecule has 0 unspecified atom stereocenters. The van der Waals surface area contributed by atoms with E-state index < -0.39 is 0 Å². The summed E-state index contributed by atoms with van der Waals surface area (Å²) in [7, 11) is 0. The third kappa shape index (κ3) is 3.80. The van der Waals surface area contributed by atoms with Gasteiger partial charge in [-0.25, -0.2) is 4.98 Å². The smallest absolute Gasteiger partial charge is 0.255 e. The van der Waals surface area contributed by atoms with Crippen LogP contribution in [0.4, 0.5) is 5.82 Å². The summed E-state index contributed by atoms with van der Waals surface area (Å²) in [4.78, 5) is 16.4. The molecule has 21 heavy (non-hydrogen) atoms. The average Bonchev–Trinajstić information content (AvgIpc) is 2.54. The van der Waals surface area contributed by atoms with Crippen LogP contribution in [-0.2, 0) is 6.54 Å². The quantitative estimate of drug-likeness (QED) is 0.881. The van der Waals surface area contributed by atoms with Crippen LogP contribution in [0.15, 0.2) is 42.6 Å².